The van der Waals surface area contributed by atoms with E-state index in [4.69, 9.17) is 4.42 Å². The van der Waals surface area contributed by atoms with E-state index in [1.54, 1.807) is 4.90 Å². The number of nitrogens with one attached hydrogen (secondary N) is 1. The van der Waals surface area contributed by atoms with Gasteiger partial charge in [0.25, 0.3) is 5.95 Å². The predicted octanol–water partition coefficient (Wildman–Crippen LogP) is 1.19. The molecule has 0 atom stereocenters. The Morgan fingerprint density at radius 1 is 1.56 bits per heavy atom. The summed E-state index contributed by atoms with van der Waals surface area (Å²) in [6.07, 6.45) is 1.54. The molecule has 18 heavy (non-hydrogen) atoms. The molecule has 0 saturated heterocycles. The molecule has 9 heteroatoms. The Kier molecular flexibility index (Phi) is 3.04. The molecule has 0 saturated carbocycles. The van der Waals surface area contributed by atoms with Crippen molar-refractivity contribution in [3.63, 3.8) is 0 Å². The fraction of sp³-hybridized carbons (Fsp3) is 0.222. The van der Waals surface area contributed by atoms with Crippen LogP contribution < -0.4 is 0 Å². The van der Waals surface area contributed by atoms with E-state index < -0.39 is 4.92 Å². The zero-order valence-corrected chi connectivity index (χ0v) is 9.69. The van der Waals surface area contributed by atoms with Gasteiger partial charge in [-0.05, 0) is 6.07 Å². The summed E-state index contributed by atoms with van der Waals surface area (Å²) < 4.78 is 4.97. The molecule has 0 spiro atoms. The Labute approximate surface area is 101 Å². The molecule has 9 nitrogen and oxygen atoms in total. The SMILES string of the molecule is CN(C)C=Nc1n[nH]c(-c2ccc([N+](=O)[O-])o2)n1. The number of H-pyrrole nitrogens is 1. The highest BCUT2D eigenvalue weighted by molar-refractivity contribution is 5.58. The maximum absolute atomic E-state index is 10.5. The molecule has 1 N–H and O–H groups in total. The van der Waals surface area contributed by atoms with Gasteiger partial charge < -0.3 is 9.32 Å². The fourth-order valence-corrected chi connectivity index (χ4v) is 1.14. The maximum Gasteiger partial charge on any atom is 0.433 e. The number of hydrogen-bond donors (Lipinski definition) is 1. The number of aromatic amines is 1. The molecule has 2 aromatic rings. The summed E-state index contributed by atoms with van der Waals surface area (Å²) in [5.41, 5.74) is 0. The lowest BCUT2D eigenvalue weighted by Crippen LogP contribution is -2.07. The lowest BCUT2D eigenvalue weighted by atomic mass is 10.4. The number of nitrogens with zero attached hydrogens (tertiary/aromatic N) is 5. The van der Waals surface area contributed by atoms with Crippen molar-refractivity contribution in [3.8, 4) is 11.6 Å². The van der Waals surface area contributed by atoms with E-state index in [-0.39, 0.29) is 23.4 Å². The zero-order chi connectivity index (χ0) is 13.1. The van der Waals surface area contributed by atoms with Crippen LogP contribution in [0.25, 0.3) is 11.6 Å². The molecule has 0 bridgehead atoms. The first-order chi connectivity index (χ1) is 8.56. The van der Waals surface area contributed by atoms with E-state index in [1.165, 1.54) is 18.5 Å². The molecule has 2 aromatic heterocycles. The summed E-state index contributed by atoms with van der Waals surface area (Å²) in [4.78, 5) is 19.6. The van der Waals surface area contributed by atoms with E-state index in [9.17, 15) is 10.1 Å². The van der Waals surface area contributed by atoms with Crippen LogP contribution in [0, 0.1) is 10.1 Å². The third-order valence-corrected chi connectivity index (χ3v) is 1.88. The molecule has 0 fully saturated rings. The smallest absolute Gasteiger partial charge is 0.397 e. The lowest BCUT2D eigenvalue weighted by Gasteiger charge is -1.99. The van der Waals surface area contributed by atoms with Crippen LogP contribution in [0.1, 0.15) is 0 Å². The van der Waals surface area contributed by atoms with E-state index >= 15 is 0 Å². The molecular weight excluding hydrogens is 240 g/mol. The van der Waals surface area contributed by atoms with Crippen LogP contribution in [0.15, 0.2) is 21.5 Å². The van der Waals surface area contributed by atoms with E-state index in [0.717, 1.165) is 0 Å². The first-order valence-corrected chi connectivity index (χ1v) is 4.94. The van der Waals surface area contributed by atoms with Gasteiger partial charge in [-0.25, -0.2) is 4.99 Å². The number of rotatable bonds is 4. The topological polar surface area (TPSA) is 113 Å². The van der Waals surface area contributed by atoms with E-state index in [0.29, 0.717) is 0 Å². The number of hydrogen-bond acceptors (Lipinski definition) is 6. The van der Waals surface area contributed by atoms with Crippen molar-refractivity contribution in [2.75, 3.05) is 14.1 Å². The molecule has 0 aliphatic carbocycles. The Hall–Kier alpha value is -2.71. The van der Waals surface area contributed by atoms with Gasteiger partial charge in [-0.15, -0.1) is 5.10 Å². The summed E-state index contributed by atoms with van der Waals surface area (Å²) in [5, 5.41) is 16.9. The van der Waals surface area contributed by atoms with Crippen molar-refractivity contribution < 1.29 is 9.34 Å². The molecule has 94 valence electrons. The van der Waals surface area contributed by atoms with Crippen molar-refractivity contribution in [2.24, 2.45) is 4.99 Å². The van der Waals surface area contributed by atoms with Gasteiger partial charge in [0.2, 0.25) is 0 Å². The largest absolute Gasteiger partial charge is 0.433 e. The molecule has 2 heterocycles. The summed E-state index contributed by atoms with van der Waals surface area (Å²) in [7, 11) is 3.62. The Morgan fingerprint density at radius 3 is 2.94 bits per heavy atom. The molecule has 0 aliphatic rings. The van der Waals surface area contributed by atoms with Gasteiger partial charge >= 0.3 is 5.88 Å². The first-order valence-electron chi connectivity index (χ1n) is 4.94. The average Bonchev–Trinajstić information content (AvgIpc) is 2.95. The number of aromatic nitrogens is 3. The van der Waals surface area contributed by atoms with Crippen molar-refractivity contribution in [3.05, 3.63) is 22.2 Å². The van der Waals surface area contributed by atoms with Gasteiger partial charge in [-0.3, -0.25) is 15.2 Å². The third-order valence-electron chi connectivity index (χ3n) is 1.88. The lowest BCUT2D eigenvalue weighted by molar-refractivity contribution is -0.401. The van der Waals surface area contributed by atoms with Gasteiger partial charge in [-0.2, -0.15) is 4.98 Å². The van der Waals surface area contributed by atoms with Crippen molar-refractivity contribution in [1.82, 2.24) is 20.1 Å². The second kappa shape index (κ2) is 4.65. The molecule has 0 aromatic carbocycles. The summed E-state index contributed by atoms with van der Waals surface area (Å²) in [6.45, 7) is 0. The van der Waals surface area contributed by atoms with Gasteiger partial charge in [0.05, 0.1) is 12.4 Å². The highest BCUT2D eigenvalue weighted by atomic mass is 16.6. The average molecular weight is 250 g/mol. The summed E-state index contributed by atoms with van der Waals surface area (Å²) in [6, 6.07) is 2.69. The minimum atomic E-state index is -0.620. The quantitative estimate of drug-likeness (QED) is 0.377. The van der Waals surface area contributed by atoms with Crippen LogP contribution in [-0.4, -0.2) is 45.4 Å². The van der Waals surface area contributed by atoms with E-state index in [2.05, 4.69) is 20.2 Å². The molecule has 0 amide bonds. The fourth-order valence-electron chi connectivity index (χ4n) is 1.14. The third kappa shape index (κ3) is 2.51. The second-order valence-electron chi connectivity index (χ2n) is 3.59. The molecule has 0 unspecified atom stereocenters. The number of furan rings is 1. The predicted molar refractivity (Wildman–Crippen MR) is 62.6 cm³/mol. The van der Waals surface area contributed by atoms with Crippen LogP contribution in [0.3, 0.4) is 0 Å². The van der Waals surface area contributed by atoms with Crippen molar-refractivity contribution in [2.45, 2.75) is 0 Å². The Balaban J connectivity index is 2.21. The Morgan fingerprint density at radius 2 is 2.33 bits per heavy atom. The first kappa shape index (κ1) is 11.8. The molecular formula is C9H10N6O3. The van der Waals surface area contributed by atoms with E-state index in [1.807, 2.05) is 14.1 Å². The van der Waals surface area contributed by atoms with Crippen LogP contribution >= 0.6 is 0 Å². The summed E-state index contributed by atoms with van der Waals surface area (Å²) in [5.74, 6) is 0.395. The van der Waals surface area contributed by atoms with Gasteiger partial charge in [0.1, 0.15) is 4.92 Å². The van der Waals surface area contributed by atoms with Gasteiger partial charge in [0, 0.05) is 14.1 Å². The zero-order valence-electron chi connectivity index (χ0n) is 9.69. The van der Waals surface area contributed by atoms with Crippen molar-refractivity contribution in [1.29, 1.82) is 0 Å². The monoisotopic (exact) mass is 250 g/mol. The molecule has 2 rings (SSSR count). The maximum atomic E-state index is 10.5. The summed E-state index contributed by atoms with van der Waals surface area (Å²) >= 11 is 0. The highest BCUT2D eigenvalue weighted by Crippen LogP contribution is 2.23. The minimum absolute atomic E-state index is 0.220. The number of nitro groups is 1. The Bertz CT molecular complexity index is 585. The minimum Gasteiger partial charge on any atom is -0.397 e. The van der Waals surface area contributed by atoms with Crippen LogP contribution in [-0.2, 0) is 0 Å². The van der Waals surface area contributed by atoms with Crippen LogP contribution in [0.5, 0.6) is 0 Å². The van der Waals surface area contributed by atoms with Crippen molar-refractivity contribution >= 4 is 18.2 Å². The molecule has 0 radical (unpaired) electrons. The van der Waals surface area contributed by atoms with Crippen LogP contribution in [0.4, 0.5) is 11.8 Å². The molecule has 0 aliphatic heterocycles. The van der Waals surface area contributed by atoms with Gasteiger partial charge in [-0.1, -0.05) is 0 Å². The standard InChI is InChI=1S/C9H10N6O3/c1-14(2)5-10-9-11-8(12-13-9)6-3-4-7(18-6)15(16)17/h3-5H,1-2H3,(H,11,12,13). The van der Waals surface area contributed by atoms with Gasteiger partial charge in [0.15, 0.2) is 11.6 Å². The second-order valence-corrected chi connectivity index (χ2v) is 3.59. The number of aliphatic imine (C=N–C) groups is 1. The highest BCUT2D eigenvalue weighted by Gasteiger charge is 2.15. The normalized spacial score (nSPS) is 11.0. The van der Waals surface area contributed by atoms with Crippen LogP contribution in [0.2, 0.25) is 0 Å².